The van der Waals surface area contributed by atoms with Crippen LogP contribution in [-0.4, -0.2) is 21.7 Å². The molecule has 5 aromatic rings. The Bertz CT molecular complexity index is 1590. The van der Waals surface area contributed by atoms with Gasteiger partial charge in [0.15, 0.2) is 17.3 Å². The molecule has 7 heteroatoms. The number of nitrogens with zero attached hydrogens (tertiary/aromatic N) is 3. The van der Waals surface area contributed by atoms with Gasteiger partial charge in [0.25, 0.3) is 5.56 Å². The van der Waals surface area contributed by atoms with Crippen molar-refractivity contribution in [3.63, 3.8) is 0 Å². The molecule has 0 fully saturated rings. The summed E-state index contributed by atoms with van der Waals surface area (Å²) in [5.41, 5.74) is 4.96. The number of rotatable bonds is 6. The summed E-state index contributed by atoms with van der Waals surface area (Å²) in [7, 11) is 1.61. The van der Waals surface area contributed by atoms with Crippen LogP contribution in [0, 0.1) is 13.8 Å². The molecule has 2 heterocycles. The van der Waals surface area contributed by atoms with E-state index in [2.05, 4.69) is 29.3 Å². The predicted molar refractivity (Wildman–Crippen MR) is 135 cm³/mol. The molecule has 3 aromatic carbocycles. The van der Waals surface area contributed by atoms with Crippen molar-refractivity contribution in [2.75, 3.05) is 7.11 Å². The third kappa shape index (κ3) is 4.30. The minimum absolute atomic E-state index is 0.139. The molecule has 0 atom stereocenters. The topological polar surface area (TPSA) is 65.7 Å². The minimum Gasteiger partial charge on any atom is -0.493 e. The summed E-state index contributed by atoms with van der Waals surface area (Å²) in [5.74, 6) is 1.81. The first-order valence-electron chi connectivity index (χ1n) is 10.8. The normalized spacial score (nSPS) is 11.8. The first-order chi connectivity index (χ1) is 16.5. The second-order valence-electron chi connectivity index (χ2n) is 8.11. The quantitative estimate of drug-likeness (QED) is 0.365. The Morgan fingerprint density at radius 1 is 0.941 bits per heavy atom. The van der Waals surface area contributed by atoms with E-state index in [9.17, 15) is 4.79 Å². The fourth-order valence-corrected chi connectivity index (χ4v) is 4.64. The lowest BCUT2D eigenvalue weighted by Gasteiger charge is -2.11. The summed E-state index contributed by atoms with van der Waals surface area (Å²) in [5, 5.41) is 8.46. The molecule has 0 saturated carbocycles. The Hall–Kier alpha value is -3.97. The average Bonchev–Trinajstić information content (AvgIpc) is 3.39. The fourth-order valence-electron chi connectivity index (χ4n) is 3.72. The zero-order valence-corrected chi connectivity index (χ0v) is 19.9. The summed E-state index contributed by atoms with van der Waals surface area (Å²) in [6.07, 6.45) is 1.84. The highest BCUT2D eigenvalue weighted by Crippen LogP contribution is 2.29. The predicted octanol–water partition coefficient (Wildman–Crippen LogP) is 4.57. The SMILES string of the molecule is COc1cc(/C=c2\sc3nnc(-c4cccc(C)c4)n3c2=O)ccc1OCc1ccc(C)cc1. The second-order valence-corrected chi connectivity index (χ2v) is 9.12. The van der Waals surface area contributed by atoms with Gasteiger partial charge in [-0.1, -0.05) is 71.0 Å². The van der Waals surface area contributed by atoms with Crippen LogP contribution in [0.25, 0.3) is 22.4 Å². The Kier molecular flexibility index (Phi) is 5.86. The van der Waals surface area contributed by atoms with E-state index in [1.165, 1.54) is 16.9 Å². The molecule has 0 unspecified atom stereocenters. The monoisotopic (exact) mass is 469 g/mol. The van der Waals surface area contributed by atoms with Crippen LogP contribution in [-0.2, 0) is 6.61 Å². The highest BCUT2D eigenvalue weighted by atomic mass is 32.1. The van der Waals surface area contributed by atoms with E-state index in [0.717, 1.165) is 22.3 Å². The summed E-state index contributed by atoms with van der Waals surface area (Å²) in [4.78, 5) is 13.8. The van der Waals surface area contributed by atoms with Gasteiger partial charge < -0.3 is 9.47 Å². The molecule has 0 saturated heterocycles. The van der Waals surface area contributed by atoms with Gasteiger partial charge in [-0.2, -0.15) is 0 Å². The van der Waals surface area contributed by atoms with Gasteiger partial charge in [0.1, 0.15) is 6.61 Å². The average molecular weight is 470 g/mol. The number of methoxy groups -OCH3 is 1. The van der Waals surface area contributed by atoms with E-state index in [-0.39, 0.29) is 5.56 Å². The maximum Gasteiger partial charge on any atom is 0.276 e. The zero-order chi connectivity index (χ0) is 23.7. The van der Waals surface area contributed by atoms with Crippen molar-refractivity contribution in [1.82, 2.24) is 14.6 Å². The molecule has 0 N–H and O–H groups in total. The van der Waals surface area contributed by atoms with Crippen molar-refractivity contribution in [2.45, 2.75) is 20.5 Å². The standard InChI is InChI=1S/C27H23N3O3S/c1-17-7-9-19(10-8-17)16-33-22-12-11-20(14-23(22)32-3)15-24-26(31)30-25(28-29-27(30)34-24)21-6-4-5-18(2)13-21/h4-15H,16H2,1-3H3/b24-15-. The first kappa shape index (κ1) is 21.9. The molecule has 5 rings (SSSR count). The molecule has 0 amide bonds. The van der Waals surface area contributed by atoms with E-state index in [0.29, 0.717) is 33.4 Å². The fraction of sp³-hybridized carbons (Fsp3) is 0.148. The van der Waals surface area contributed by atoms with Gasteiger partial charge >= 0.3 is 0 Å². The third-order valence-electron chi connectivity index (χ3n) is 5.53. The van der Waals surface area contributed by atoms with E-state index < -0.39 is 0 Å². The van der Waals surface area contributed by atoms with Crippen LogP contribution in [0.2, 0.25) is 0 Å². The minimum atomic E-state index is -0.139. The molecule has 2 aromatic heterocycles. The smallest absolute Gasteiger partial charge is 0.276 e. The van der Waals surface area contributed by atoms with E-state index in [1.54, 1.807) is 11.5 Å². The van der Waals surface area contributed by atoms with Crippen LogP contribution in [0.3, 0.4) is 0 Å². The Morgan fingerprint density at radius 2 is 1.76 bits per heavy atom. The second kappa shape index (κ2) is 9.11. The van der Waals surface area contributed by atoms with Gasteiger partial charge in [-0.05, 0) is 49.2 Å². The molecule has 0 aliphatic carbocycles. The van der Waals surface area contributed by atoms with Crippen LogP contribution in [0.15, 0.2) is 71.5 Å². The summed E-state index contributed by atoms with van der Waals surface area (Å²) >= 11 is 1.31. The van der Waals surface area contributed by atoms with Crippen LogP contribution >= 0.6 is 11.3 Å². The largest absolute Gasteiger partial charge is 0.493 e. The van der Waals surface area contributed by atoms with Crippen molar-refractivity contribution >= 4 is 22.4 Å². The summed E-state index contributed by atoms with van der Waals surface area (Å²) < 4.78 is 13.7. The highest BCUT2D eigenvalue weighted by molar-refractivity contribution is 7.15. The van der Waals surface area contributed by atoms with Crippen molar-refractivity contribution < 1.29 is 9.47 Å². The molecule has 0 bridgehead atoms. The number of benzene rings is 3. The molecule has 34 heavy (non-hydrogen) atoms. The molecule has 0 spiro atoms. The number of aromatic nitrogens is 3. The maximum atomic E-state index is 13.2. The highest BCUT2D eigenvalue weighted by Gasteiger charge is 2.14. The van der Waals surface area contributed by atoms with E-state index in [1.807, 2.05) is 67.6 Å². The molecular formula is C27H23N3O3S. The van der Waals surface area contributed by atoms with Gasteiger partial charge in [0, 0.05) is 5.56 Å². The van der Waals surface area contributed by atoms with E-state index >= 15 is 0 Å². The number of thiazole rings is 1. The molecule has 0 aliphatic heterocycles. The first-order valence-corrected chi connectivity index (χ1v) is 11.7. The van der Waals surface area contributed by atoms with Gasteiger partial charge in [-0.15, -0.1) is 10.2 Å². The van der Waals surface area contributed by atoms with Crippen LogP contribution in [0.5, 0.6) is 11.5 Å². The molecule has 170 valence electrons. The summed E-state index contributed by atoms with van der Waals surface area (Å²) in [6, 6.07) is 21.8. The maximum absolute atomic E-state index is 13.2. The van der Waals surface area contributed by atoms with Crippen LogP contribution in [0.4, 0.5) is 0 Å². The zero-order valence-electron chi connectivity index (χ0n) is 19.1. The summed E-state index contributed by atoms with van der Waals surface area (Å²) in [6.45, 7) is 4.51. The number of ether oxygens (including phenoxy) is 2. The van der Waals surface area contributed by atoms with Gasteiger partial charge in [-0.3, -0.25) is 4.79 Å². The van der Waals surface area contributed by atoms with Gasteiger partial charge in [0.05, 0.1) is 11.6 Å². The molecule has 0 aliphatic rings. The van der Waals surface area contributed by atoms with E-state index in [4.69, 9.17) is 9.47 Å². The molecular weight excluding hydrogens is 446 g/mol. The third-order valence-corrected chi connectivity index (χ3v) is 6.48. The Morgan fingerprint density at radius 3 is 2.53 bits per heavy atom. The van der Waals surface area contributed by atoms with Crippen LogP contribution < -0.4 is 19.6 Å². The Labute approximate surface area is 200 Å². The number of aryl methyl sites for hydroxylation is 2. The molecule has 6 nitrogen and oxygen atoms in total. The lowest BCUT2D eigenvalue weighted by atomic mass is 10.1. The van der Waals surface area contributed by atoms with Crippen molar-refractivity contribution in [2.24, 2.45) is 0 Å². The van der Waals surface area contributed by atoms with Crippen LogP contribution in [0.1, 0.15) is 22.3 Å². The van der Waals surface area contributed by atoms with Crippen molar-refractivity contribution in [3.05, 3.63) is 104 Å². The van der Waals surface area contributed by atoms with Crippen molar-refractivity contribution in [3.8, 4) is 22.9 Å². The number of hydrogen-bond acceptors (Lipinski definition) is 6. The van der Waals surface area contributed by atoms with Gasteiger partial charge in [0.2, 0.25) is 4.96 Å². The van der Waals surface area contributed by atoms with Gasteiger partial charge in [-0.25, -0.2) is 4.40 Å². The van der Waals surface area contributed by atoms with Crippen molar-refractivity contribution in [1.29, 1.82) is 0 Å². The number of fused-ring (bicyclic) bond motifs is 1. The molecule has 0 radical (unpaired) electrons. The number of hydrogen-bond donors (Lipinski definition) is 0. The Balaban J connectivity index is 1.46. The lowest BCUT2D eigenvalue weighted by molar-refractivity contribution is 0.284. The lowest BCUT2D eigenvalue weighted by Crippen LogP contribution is -2.23.